The average molecular weight is 806 g/mol. The van der Waals surface area contributed by atoms with Gasteiger partial charge in [0.2, 0.25) is 11.1 Å². The standard InChI is InChI=1S/C18H17ClN6O2.C15H15ClN6O.C3H3ClO/c1-2-14(26)23-8-7-13(9-23)25-17-15(16(20)21-10-22-17)24(18(25)27)12-5-3-11(19)4-6-12;16-9-1-3-10(4-2-9)21-12-13(17)19-8-20-14(12)22(15(21)23)11-5-6-18-7-11;1-2-3(4)5/h2-6,10,13H,1,7-9H2,(H2,20,21,22);1-4,8,11,18H,5-7H2,(H2,17,19,20);2H,1H2/t13-;11-;/m11./s1. The number of halogens is 3. The summed E-state index contributed by atoms with van der Waals surface area (Å²) in [7, 11) is 0. The van der Waals surface area contributed by atoms with Gasteiger partial charge < -0.3 is 21.7 Å². The quantitative estimate of drug-likeness (QED) is 0.162. The van der Waals surface area contributed by atoms with E-state index in [4.69, 9.17) is 46.3 Å². The number of hydrogen-bond donors (Lipinski definition) is 3. The topological polar surface area (TPSA) is 207 Å². The Balaban J connectivity index is 0.000000168. The van der Waals surface area contributed by atoms with Crippen molar-refractivity contribution in [1.82, 2.24) is 48.4 Å². The van der Waals surface area contributed by atoms with Crippen molar-refractivity contribution in [1.29, 1.82) is 0 Å². The number of nitrogens with one attached hydrogen (secondary N) is 1. The van der Waals surface area contributed by atoms with Crippen LogP contribution in [0.15, 0.2) is 96.1 Å². The van der Waals surface area contributed by atoms with Gasteiger partial charge in [-0.3, -0.25) is 27.9 Å². The van der Waals surface area contributed by atoms with Gasteiger partial charge in [0.15, 0.2) is 22.9 Å². The van der Waals surface area contributed by atoms with Crippen molar-refractivity contribution in [3.63, 3.8) is 0 Å². The molecule has 2 aliphatic heterocycles. The number of carbonyl (C=O) groups is 2. The Kier molecular flexibility index (Phi) is 11.8. The number of likely N-dealkylation sites (tertiary alicyclic amines) is 1. The molecule has 2 atom stereocenters. The number of benzene rings is 2. The van der Waals surface area contributed by atoms with Gasteiger partial charge in [0.05, 0.1) is 23.5 Å². The van der Waals surface area contributed by atoms with Gasteiger partial charge in [-0.1, -0.05) is 36.4 Å². The van der Waals surface area contributed by atoms with Crippen LogP contribution in [0, 0.1) is 0 Å². The fraction of sp³-hybridized carbons (Fsp3) is 0.222. The maximum absolute atomic E-state index is 13.3. The van der Waals surface area contributed by atoms with Crippen LogP contribution >= 0.6 is 34.8 Å². The van der Waals surface area contributed by atoms with E-state index in [0.717, 1.165) is 25.6 Å². The number of amides is 1. The zero-order chi connectivity index (χ0) is 39.4. The Morgan fingerprint density at radius 3 is 1.64 bits per heavy atom. The highest BCUT2D eigenvalue weighted by molar-refractivity contribution is 6.66. The van der Waals surface area contributed by atoms with Crippen molar-refractivity contribution in [2.45, 2.75) is 24.9 Å². The molecule has 2 saturated heterocycles. The molecule has 4 aromatic heterocycles. The lowest BCUT2D eigenvalue weighted by molar-refractivity contribution is -0.125. The largest absolute Gasteiger partial charge is 0.382 e. The molecule has 5 N–H and O–H groups in total. The molecule has 0 aliphatic carbocycles. The second-order valence-electron chi connectivity index (χ2n) is 12.4. The molecule has 0 saturated carbocycles. The van der Waals surface area contributed by atoms with Gasteiger partial charge in [-0.25, -0.2) is 29.5 Å². The molecule has 16 nitrogen and oxygen atoms in total. The van der Waals surface area contributed by atoms with Crippen LogP contribution in [0.4, 0.5) is 11.6 Å². The number of carbonyl (C=O) groups excluding carboxylic acids is 2. The first-order valence-electron chi connectivity index (χ1n) is 16.9. The third-order valence-electron chi connectivity index (χ3n) is 9.11. The lowest BCUT2D eigenvalue weighted by Crippen LogP contribution is -2.31. The molecular weight excluding hydrogens is 771 g/mol. The third kappa shape index (κ3) is 7.88. The molecule has 0 bridgehead atoms. The molecule has 2 aromatic carbocycles. The van der Waals surface area contributed by atoms with Crippen molar-refractivity contribution in [2.24, 2.45) is 0 Å². The minimum absolute atomic E-state index is 0.0628. The van der Waals surface area contributed by atoms with Crippen molar-refractivity contribution in [2.75, 3.05) is 37.6 Å². The molecule has 0 unspecified atom stereocenters. The first kappa shape index (κ1) is 38.9. The number of aromatic nitrogens is 8. The second-order valence-corrected chi connectivity index (χ2v) is 13.6. The summed E-state index contributed by atoms with van der Waals surface area (Å²) in [5.74, 6) is 0.343. The van der Waals surface area contributed by atoms with Crippen LogP contribution in [0.3, 0.4) is 0 Å². The van der Waals surface area contributed by atoms with Crippen molar-refractivity contribution < 1.29 is 9.59 Å². The fourth-order valence-electron chi connectivity index (χ4n) is 6.59. The molecule has 55 heavy (non-hydrogen) atoms. The lowest BCUT2D eigenvalue weighted by atomic mass is 10.2. The van der Waals surface area contributed by atoms with Gasteiger partial charge >= 0.3 is 11.4 Å². The van der Waals surface area contributed by atoms with E-state index in [1.807, 2.05) is 0 Å². The van der Waals surface area contributed by atoms with E-state index in [2.05, 4.69) is 38.4 Å². The van der Waals surface area contributed by atoms with Gasteiger partial charge in [0, 0.05) is 29.7 Å². The molecule has 6 heterocycles. The molecule has 2 fully saturated rings. The molecule has 284 valence electrons. The van der Waals surface area contributed by atoms with E-state index in [9.17, 15) is 19.2 Å². The van der Waals surface area contributed by atoms with Crippen LogP contribution < -0.4 is 28.2 Å². The normalized spacial score (nSPS) is 16.3. The lowest BCUT2D eigenvalue weighted by Gasteiger charge is -2.14. The van der Waals surface area contributed by atoms with E-state index in [1.165, 1.54) is 23.3 Å². The highest BCUT2D eigenvalue weighted by Crippen LogP contribution is 2.28. The summed E-state index contributed by atoms with van der Waals surface area (Å²) in [4.78, 5) is 66.1. The van der Waals surface area contributed by atoms with Gasteiger partial charge in [0.25, 0.3) is 0 Å². The average Bonchev–Trinajstić information content (AvgIpc) is 3.98. The Hall–Kier alpha value is -5.81. The van der Waals surface area contributed by atoms with Crippen molar-refractivity contribution in [3.05, 3.63) is 118 Å². The van der Waals surface area contributed by atoms with Gasteiger partial charge in [-0.15, -0.1) is 0 Å². The second kappa shape index (κ2) is 16.7. The summed E-state index contributed by atoms with van der Waals surface area (Å²) >= 11 is 16.6. The molecular formula is C36H35Cl3N12O4. The van der Waals surface area contributed by atoms with Crippen molar-refractivity contribution >= 4 is 79.9 Å². The van der Waals surface area contributed by atoms with E-state index >= 15 is 0 Å². The summed E-state index contributed by atoms with van der Waals surface area (Å²) in [5.41, 5.74) is 15.0. The summed E-state index contributed by atoms with van der Waals surface area (Å²) in [6.07, 6.45) is 6.57. The molecule has 0 spiro atoms. The van der Waals surface area contributed by atoms with Gasteiger partial charge in [0.1, 0.15) is 23.7 Å². The van der Waals surface area contributed by atoms with Crippen LogP contribution in [0.1, 0.15) is 24.9 Å². The number of nitrogens with two attached hydrogens (primary N) is 2. The zero-order valence-electron chi connectivity index (χ0n) is 29.2. The number of anilines is 2. The predicted molar refractivity (Wildman–Crippen MR) is 213 cm³/mol. The van der Waals surface area contributed by atoms with E-state index < -0.39 is 5.24 Å². The first-order valence-corrected chi connectivity index (χ1v) is 18.0. The molecule has 0 radical (unpaired) electrons. The Labute approximate surface area is 328 Å². The smallest absolute Gasteiger partial charge is 0.335 e. The van der Waals surface area contributed by atoms with Gasteiger partial charge in [-0.05, 0) is 91.7 Å². The number of allylic oxidation sites excluding steroid dienone is 1. The Morgan fingerprint density at radius 1 is 0.745 bits per heavy atom. The number of nitrogens with zero attached hydrogens (tertiary/aromatic N) is 9. The van der Waals surface area contributed by atoms with Crippen LogP contribution in [-0.2, 0) is 9.59 Å². The van der Waals surface area contributed by atoms with E-state index in [-0.39, 0.29) is 41.0 Å². The number of fused-ring (bicyclic) bond motifs is 2. The molecule has 6 aromatic rings. The molecule has 2 aliphatic rings. The van der Waals surface area contributed by atoms with Crippen LogP contribution in [0.2, 0.25) is 10.0 Å². The number of nitrogen functional groups attached to an aromatic ring is 2. The Morgan fingerprint density at radius 2 is 1.22 bits per heavy atom. The summed E-state index contributed by atoms with van der Waals surface area (Å²) in [6.45, 7) is 9.18. The summed E-state index contributed by atoms with van der Waals surface area (Å²) in [6, 6.07) is 13.8. The highest BCUT2D eigenvalue weighted by Gasteiger charge is 2.31. The minimum atomic E-state index is -0.509. The van der Waals surface area contributed by atoms with Crippen molar-refractivity contribution in [3.8, 4) is 11.4 Å². The molecule has 8 rings (SSSR count). The number of imidazole rings is 2. The molecule has 19 heteroatoms. The third-order valence-corrected chi connectivity index (χ3v) is 9.76. The maximum atomic E-state index is 13.3. The van der Waals surface area contributed by atoms with E-state index in [0.29, 0.717) is 63.3 Å². The van der Waals surface area contributed by atoms with Gasteiger partial charge in [-0.2, -0.15) is 0 Å². The Bertz CT molecular complexity index is 2520. The maximum Gasteiger partial charge on any atom is 0.335 e. The van der Waals surface area contributed by atoms with E-state index in [1.54, 1.807) is 67.1 Å². The highest BCUT2D eigenvalue weighted by atomic mass is 35.5. The SMILES string of the molecule is C=CC(=O)Cl.C=CC(=O)N1CC[C@@H](n2c(=O)n(-c3ccc(Cl)cc3)c3c(N)ncnc32)C1.Nc1ncnc2c1n(-c1ccc(Cl)cc1)c(=O)n2[C@@H]1CCNC1. The molecule has 1 amide bonds. The summed E-state index contributed by atoms with van der Waals surface area (Å²) in [5, 5.41) is 3.93. The number of hydrogen-bond acceptors (Lipinski definition) is 11. The van der Waals surface area contributed by atoms with Crippen LogP contribution in [0.5, 0.6) is 0 Å². The summed E-state index contributed by atoms with van der Waals surface area (Å²) < 4.78 is 6.35. The van der Waals surface area contributed by atoms with Crippen LogP contribution in [0.25, 0.3) is 33.7 Å². The fourth-order valence-corrected chi connectivity index (χ4v) is 6.85. The monoisotopic (exact) mass is 804 g/mol. The minimum Gasteiger partial charge on any atom is -0.382 e. The van der Waals surface area contributed by atoms with Crippen LogP contribution in [-0.4, -0.2) is 80.4 Å². The zero-order valence-corrected chi connectivity index (χ0v) is 31.5. The number of rotatable bonds is 6. The first-order chi connectivity index (χ1) is 26.4. The predicted octanol–water partition coefficient (Wildman–Crippen LogP) is 4.07.